The Hall–Kier alpha value is -1.31. The van der Waals surface area contributed by atoms with Gasteiger partial charge in [-0.3, -0.25) is 0 Å². The van der Waals surface area contributed by atoms with Gasteiger partial charge in [-0.05, 0) is 37.3 Å². The second-order valence-corrected chi connectivity index (χ2v) is 7.09. The molecule has 1 heterocycles. The number of hydrogen-bond donors (Lipinski definition) is 2. The van der Waals surface area contributed by atoms with Crippen molar-refractivity contribution in [2.45, 2.75) is 24.3 Å². The van der Waals surface area contributed by atoms with Crippen LogP contribution in [-0.4, -0.2) is 14.5 Å². The van der Waals surface area contributed by atoms with E-state index in [0.29, 0.717) is 10.9 Å². The van der Waals surface area contributed by atoms with E-state index in [1.54, 1.807) is 37.5 Å². The van der Waals surface area contributed by atoms with Gasteiger partial charge in [0, 0.05) is 16.9 Å². The van der Waals surface area contributed by atoms with Crippen LogP contribution in [0.5, 0.6) is 0 Å². The largest absolute Gasteiger partial charge is 0.469 e. The summed E-state index contributed by atoms with van der Waals surface area (Å²) in [6.07, 6.45) is 2.03. The molecular formula is C13H15BrN2O3S. The molecule has 0 saturated carbocycles. The van der Waals surface area contributed by atoms with Crippen molar-refractivity contribution in [3.05, 3.63) is 46.8 Å². The zero-order valence-corrected chi connectivity index (χ0v) is 13.2. The lowest BCUT2D eigenvalue weighted by atomic mass is 10.2. The summed E-state index contributed by atoms with van der Waals surface area (Å²) in [7, 11) is -3.66. The molecule has 3 N–H and O–H groups in total. The van der Waals surface area contributed by atoms with E-state index >= 15 is 0 Å². The van der Waals surface area contributed by atoms with Crippen molar-refractivity contribution in [3.63, 3.8) is 0 Å². The first-order valence-corrected chi connectivity index (χ1v) is 8.26. The lowest BCUT2D eigenvalue weighted by Gasteiger charge is -2.14. The minimum atomic E-state index is -3.66. The number of hydrogen-bond acceptors (Lipinski definition) is 4. The summed E-state index contributed by atoms with van der Waals surface area (Å²) >= 11 is 3.24. The Morgan fingerprint density at radius 3 is 2.80 bits per heavy atom. The van der Waals surface area contributed by atoms with E-state index in [-0.39, 0.29) is 16.6 Å². The van der Waals surface area contributed by atoms with Crippen LogP contribution in [-0.2, 0) is 16.4 Å². The van der Waals surface area contributed by atoms with Crippen molar-refractivity contribution in [1.29, 1.82) is 0 Å². The molecule has 2 aromatic rings. The second-order valence-electron chi connectivity index (χ2n) is 4.49. The molecule has 0 aliphatic carbocycles. The molecule has 0 aliphatic heterocycles. The Morgan fingerprint density at radius 1 is 1.40 bits per heavy atom. The smallest absolute Gasteiger partial charge is 0.242 e. The normalized spacial score (nSPS) is 13.3. The number of rotatable bonds is 5. The topological polar surface area (TPSA) is 85.3 Å². The van der Waals surface area contributed by atoms with E-state index in [1.165, 1.54) is 6.07 Å². The summed E-state index contributed by atoms with van der Waals surface area (Å²) in [5.41, 5.74) is 5.94. The van der Waals surface area contributed by atoms with Crippen LogP contribution in [0.1, 0.15) is 12.7 Å². The first-order valence-electron chi connectivity index (χ1n) is 5.98. The van der Waals surface area contributed by atoms with Crippen LogP contribution < -0.4 is 10.5 Å². The zero-order chi connectivity index (χ0) is 14.8. The fraction of sp³-hybridized carbons (Fsp3) is 0.231. The molecule has 2 rings (SSSR count). The predicted octanol–water partition coefficient (Wildman–Crippen LogP) is 2.53. The highest BCUT2D eigenvalue weighted by Crippen LogP contribution is 2.23. The standard InChI is InChI=1S/C13H15BrN2O3S/c1-9(7-11-3-2-6-19-11)16-20(17,18)13-8-10(14)4-5-12(13)15/h2-6,8-9,16H,7,15H2,1H3. The van der Waals surface area contributed by atoms with Crippen molar-refractivity contribution >= 4 is 31.6 Å². The van der Waals surface area contributed by atoms with Gasteiger partial charge < -0.3 is 10.2 Å². The Kier molecular flexibility index (Phi) is 4.52. The predicted molar refractivity (Wildman–Crippen MR) is 80.7 cm³/mol. The number of sulfonamides is 1. The molecule has 0 bridgehead atoms. The maximum absolute atomic E-state index is 12.3. The average Bonchev–Trinajstić information content (AvgIpc) is 2.84. The third kappa shape index (κ3) is 3.62. The highest BCUT2D eigenvalue weighted by Gasteiger charge is 2.21. The number of halogens is 1. The van der Waals surface area contributed by atoms with Crippen LogP contribution >= 0.6 is 15.9 Å². The summed E-state index contributed by atoms with van der Waals surface area (Å²) in [6, 6.07) is 8.00. The fourth-order valence-electron chi connectivity index (χ4n) is 1.84. The minimum Gasteiger partial charge on any atom is -0.469 e. The molecule has 20 heavy (non-hydrogen) atoms. The molecule has 0 radical (unpaired) electrons. The van der Waals surface area contributed by atoms with Gasteiger partial charge in [0.1, 0.15) is 10.7 Å². The first kappa shape index (κ1) is 15.1. The van der Waals surface area contributed by atoms with Crippen LogP contribution in [0.2, 0.25) is 0 Å². The van der Waals surface area contributed by atoms with Crippen molar-refractivity contribution in [2.75, 3.05) is 5.73 Å². The average molecular weight is 359 g/mol. The van der Waals surface area contributed by atoms with E-state index in [4.69, 9.17) is 10.2 Å². The molecule has 0 spiro atoms. The Morgan fingerprint density at radius 2 is 2.15 bits per heavy atom. The number of anilines is 1. The highest BCUT2D eigenvalue weighted by atomic mass is 79.9. The maximum Gasteiger partial charge on any atom is 0.242 e. The third-order valence-electron chi connectivity index (χ3n) is 2.71. The van der Waals surface area contributed by atoms with E-state index in [2.05, 4.69) is 20.7 Å². The van der Waals surface area contributed by atoms with Gasteiger partial charge in [0.2, 0.25) is 10.0 Å². The Balaban J connectivity index is 2.16. The van der Waals surface area contributed by atoms with Crippen molar-refractivity contribution in [3.8, 4) is 0 Å². The van der Waals surface area contributed by atoms with E-state index in [1.807, 2.05) is 0 Å². The molecule has 1 aromatic heterocycles. The molecule has 1 atom stereocenters. The maximum atomic E-state index is 12.3. The van der Waals surface area contributed by atoms with Crippen LogP contribution in [0.4, 0.5) is 5.69 Å². The van der Waals surface area contributed by atoms with E-state index in [0.717, 1.165) is 5.76 Å². The monoisotopic (exact) mass is 358 g/mol. The summed E-state index contributed by atoms with van der Waals surface area (Å²) in [5.74, 6) is 0.724. The first-order chi connectivity index (χ1) is 9.38. The van der Waals surface area contributed by atoms with Crippen molar-refractivity contribution in [2.24, 2.45) is 0 Å². The minimum absolute atomic E-state index is 0.0677. The molecule has 1 aromatic carbocycles. The number of nitrogens with two attached hydrogens (primary N) is 1. The quantitative estimate of drug-likeness (QED) is 0.804. The zero-order valence-electron chi connectivity index (χ0n) is 10.8. The van der Waals surface area contributed by atoms with Gasteiger partial charge in [-0.1, -0.05) is 15.9 Å². The fourth-order valence-corrected chi connectivity index (χ4v) is 3.75. The van der Waals surface area contributed by atoms with Crippen LogP contribution in [0.25, 0.3) is 0 Å². The summed E-state index contributed by atoms with van der Waals surface area (Å²) in [4.78, 5) is 0.0677. The van der Waals surface area contributed by atoms with Gasteiger partial charge in [0.15, 0.2) is 0 Å². The molecular weight excluding hydrogens is 344 g/mol. The van der Waals surface area contributed by atoms with Gasteiger partial charge in [-0.2, -0.15) is 0 Å². The van der Waals surface area contributed by atoms with E-state index in [9.17, 15) is 8.42 Å². The molecule has 7 heteroatoms. The van der Waals surface area contributed by atoms with Crippen molar-refractivity contribution in [1.82, 2.24) is 4.72 Å². The Bertz CT molecular complexity index is 684. The van der Waals surface area contributed by atoms with Crippen LogP contribution in [0.3, 0.4) is 0 Å². The molecule has 0 saturated heterocycles. The lowest BCUT2D eigenvalue weighted by molar-refractivity contribution is 0.479. The summed E-state index contributed by atoms with van der Waals surface area (Å²) in [6.45, 7) is 1.77. The molecule has 108 valence electrons. The number of furan rings is 1. The highest BCUT2D eigenvalue weighted by molar-refractivity contribution is 9.10. The number of benzene rings is 1. The van der Waals surface area contributed by atoms with Gasteiger partial charge in [-0.15, -0.1) is 0 Å². The third-order valence-corrected chi connectivity index (χ3v) is 4.85. The number of nitrogens with one attached hydrogen (secondary N) is 1. The van der Waals surface area contributed by atoms with Gasteiger partial charge in [0.05, 0.1) is 12.0 Å². The Labute approximate surface area is 126 Å². The molecule has 0 amide bonds. The molecule has 5 nitrogen and oxygen atoms in total. The molecule has 0 aliphatic rings. The van der Waals surface area contributed by atoms with Crippen molar-refractivity contribution < 1.29 is 12.8 Å². The summed E-state index contributed by atoms with van der Waals surface area (Å²) < 4.78 is 33.1. The second kappa shape index (κ2) is 5.99. The van der Waals surface area contributed by atoms with Gasteiger partial charge >= 0.3 is 0 Å². The van der Waals surface area contributed by atoms with Crippen LogP contribution in [0.15, 0.2) is 50.4 Å². The van der Waals surface area contributed by atoms with Crippen LogP contribution in [0, 0.1) is 0 Å². The van der Waals surface area contributed by atoms with Gasteiger partial charge in [-0.25, -0.2) is 13.1 Å². The lowest BCUT2D eigenvalue weighted by Crippen LogP contribution is -2.34. The van der Waals surface area contributed by atoms with Gasteiger partial charge in [0.25, 0.3) is 0 Å². The molecule has 1 unspecified atom stereocenters. The SMILES string of the molecule is CC(Cc1ccco1)NS(=O)(=O)c1cc(Br)ccc1N. The number of nitrogen functional groups attached to an aromatic ring is 1. The summed E-state index contributed by atoms with van der Waals surface area (Å²) in [5, 5.41) is 0. The van der Waals surface area contributed by atoms with E-state index < -0.39 is 10.0 Å². The molecule has 0 fully saturated rings.